The minimum Gasteiger partial charge on any atom is -0.484 e. The van der Waals surface area contributed by atoms with Crippen LogP contribution in [0, 0.1) is 0 Å². The normalized spacial score (nSPS) is 10.3. The quantitative estimate of drug-likeness (QED) is 0.484. The lowest BCUT2D eigenvalue weighted by Gasteiger charge is -2.09. The number of carbonyl (C=O) groups excluding carboxylic acids is 3. The number of fused-ring (bicyclic) bond motifs is 1. The molecule has 0 saturated carbocycles. The van der Waals surface area contributed by atoms with Crippen molar-refractivity contribution in [2.45, 2.75) is 0 Å². The molecule has 0 unspecified atom stereocenters. The van der Waals surface area contributed by atoms with Crippen LogP contribution in [0.4, 0.5) is 0 Å². The zero-order valence-electron chi connectivity index (χ0n) is 14.4. The largest absolute Gasteiger partial charge is 0.484 e. The van der Waals surface area contributed by atoms with Crippen molar-refractivity contribution in [3.63, 3.8) is 0 Å². The average molecular weight is 403 g/mol. The Kier molecular flexibility index (Phi) is 6.13. The van der Waals surface area contributed by atoms with Crippen LogP contribution in [0.5, 0.6) is 5.75 Å². The van der Waals surface area contributed by atoms with Crippen molar-refractivity contribution in [1.29, 1.82) is 0 Å². The van der Waals surface area contributed by atoms with Gasteiger partial charge >= 0.3 is 5.97 Å². The monoisotopic (exact) mass is 402 g/mol. The van der Waals surface area contributed by atoms with Gasteiger partial charge in [0, 0.05) is 10.4 Å². The molecule has 3 rings (SSSR count). The standard InChI is InChI=1S/C19H15ClN2O6/c20-13-5-7-14(8-6-13)26-10-17(23)21-22-18(24)11-27-19(25)16-9-12-3-1-2-4-15(12)28-16/h1-9H,10-11H2,(H,21,23)(H,22,24). The molecule has 28 heavy (non-hydrogen) atoms. The van der Waals surface area contributed by atoms with Crippen LogP contribution < -0.4 is 15.6 Å². The van der Waals surface area contributed by atoms with Crippen molar-refractivity contribution in [1.82, 2.24) is 10.9 Å². The van der Waals surface area contributed by atoms with Crippen LogP contribution >= 0.6 is 11.6 Å². The summed E-state index contributed by atoms with van der Waals surface area (Å²) in [4.78, 5) is 35.3. The lowest BCUT2D eigenvalue weighted by atomic mass is 10.2. The highest BCUT2D eigenvalue weighted by Gasteiger charge is 2.15. The highest BCUT2D eigenvalue weighted by atomic mass is 35.5. The van der Waals surface area contributed by atoms with Gasteiger partial charge in [-0.15, -0.1) is 0 Å². The highest BCUT2D eigenvalue weighted by molar-refractivity contribution is 6.30. The van der Waals surface area contributed by atoms with Gasteiger partial charge in [-0.25, -0.2) is 4.79 Å². The van der Waals surface area contributed by atoms with Gasteiger partial charge in [-0.3, -0.25) is 20.4 Å². The second kappa shape index (κ2) is 8.92. The number of ether oxygens (including phenoxy) is 2. The Morgan fingerprint density at radius 2 is 1.61 bits per heavy atom. The summed E-state index contributed by atoms with van der Waals surface area (Å²) < 4.78 is 15.4. The van der Waals surface area contributed by atoms with Gasteiger partial charge in [0.15, 0.2) is 13.2 Å². The molecule has 0 radical (unpaired) electrons. The van der Waals surface area contributed by atoms with E-state index in [1.807, 2.05) is 0 Å². The van der Waals surface area contributed by atoms with Gasteiger partial charge < -0.3 is 13.9 Å². The number of hydrogen-bond donors (Lipinski definition) is 2. The van der Waals surface area contributed by atoms with Crippen molar-refractivity contribution in [2.24, 2.45) is 0 Å². The molecule has 2 amide bonds. The van der Waals surface area contributed by atoms with Gasteiger partial charge in [-0.1, -0.05) is 29.8 Å². The van der Waals surface area contributed by atoms with Gasteiger partial charge in [0.25, 0.3) is 11.8 Å². The van der Waals surface area contributed by atoms with Crippen LogP contribution in [0.1, 0.15) is 10.6 Å². The first-order valence-corrected chi connectivity index (χ1v) is 8.51. The Morgan fingerprint density at radius 1 is 0.929 bits per heavy atom. The molecule has 9 heteroatoms. The molecule has 0 aliphatic heterocycles. The summed E-state index contributed by atoms with van der Waals surface area (Å²) in [6, 6.07) is 15.0. The van der Waals surface area contributed by atoms with Crippen molar-refractivity contribution < 1.29 is 28.3 Å². The fourth-order valence-corrected chi connectivity index (χ4v) is 2.30. The predicted molar refractivity (Wildman–Crippen MR) is 99.7 cm³/mol. The van der Waals surface area contributed by atoms with Gasteiger partial charge in [0.2, 0.25) is 5.76 Å². The summed E-state index contributed by atoms with van der Waals surface area (Å²) in [5, 5.41) is 1.29. The second-order valence-electron chi connectivity index (χ2n) is 5.56. The smallest absolute Gasteiger partial charge is 0.374 e. The fourth-order valence-electron chi connectivity index (χ4n) is 2.18. The maximum absolute atomic E-state index is 11.9. The van der Waals surface area contributed by atoms with E-state index in [9.17, 15) is 14.4 Å². The summed E-state index contributed by atoms with van der Waals surface area (Å²) >= 11 is 5.75. The topological polar surface area (TPSA) is 107 Å². The first-order valence-electron chi connectivity index (χ1n) is 8.13. The number of benzene rings is 2. The van der Waals surface area contributed by atoms with E-state index in [1.165, 1.54) is 6.07 Å². The third-order valence-corrected chi connectivity index (χ3v) is 3.74. The van der Waals surface area contributed by atoms with Crippen LogP contribution in [0.15, 0.2) is 59.0 Å². The van der Waals surface area contributed by atoms with Crippen molar-refractivity contribution >= 4 is 40.4 Å². The molecule has 0 aliphatic carbocycles. The molecule has 2 N–H and O–H groups in total. The summed E-state index contributed by atoms with van der Waals surface area (Å²) in [6.45, 7) is -0.908. The van der Waals surface area contributed by atoms with E-state index in [0.29, 0.717) is 16.4 Å². The van der Waals surface area contributed by atoms with E-state index < -0.39 is 24.4 Å². The van der Waals surface area contributed by atoms with Crippen LogP contribution in [0.2, 0.25) is 5.02 Å². The van der Waals surface area contributed by atoms with Gasteiger partial charge in [-0.05, 0) is 36.4 Å². The summed E-state index contributed by atoms with van der Waals surface area (Å²) in [7, 11) is 0. The first-order chi connectivity index (χ1) is 13.5. The van der Waals surface area contributed by atoms with E-state index in [-0.39, 0.29) is 12.4 Å². The molecule has 8 nitrogen and oxygen atoms in total. The van der Waals surface area contributed by atoms with Gasteiger partial charge in [-0.2, -0.15) is 0 Å². The first kappa shape index (κ1) is 19.2. The van der Waals surface area contributed by atoms with Gasteiger partial charge in [0.05, 0.1) is 0 Å². The van der Waals surface area contributed by atoms with Crippen LogP contribution in [0.3, 0.4) is 0 Å². The Labute approximate surface area is 164 Å². The van der Waals surface area contributed by atoms with E-state index >= 15 is 0 Å². The lowest BCUT2D eigenvalue weighted by Crippen LogP contribution is -2.45. The van der Waals surface area contributed by atoms with E-state index in [2.05, 4.69) is 10.9 Å². The minimum absolute atomic E-state index is 0.0191. The number of nitrogens with one attached hydrogen (secondary N) is 2. The third-order valence-electron chi connectivity index (χ3n) is 3.49. The summed E-state index contributed by atoms with van der Waals surface area (Å²) in [5.41, 5.74) is 4.79. The Hall–Kier alpha value is -3.52. The molecule has 1 heterocycles. The Morgan fingerprint density at radius 3 is 2.32 bits per heavy atom. The molecular weight excluding hydrogens is 388 g/mol. The molecule has 0 spiro atoms. The number of carbonyl (C=O) groups is 3. The molecular formula is C19H15ClN2O6. The number of hydrogen-bond acceptors (Lipinski definition) is 6. The van der Waals surface area contributed by atoms with Crippen LogP contribution in [0.25, 0.3) is 11.0 Å². The Balaban J connectivity index is 1.38. The zero-order chi connectivity index (χ0) is 19.9. The number of amides is 2. The van der Waals surface area contributed by atoms with Crippen LogP contribution in [-0.4, -0.2) is 31.0 Å². The van der Waals surface area contributed by atoms with Crippen molar-refractivity contribution in [3.05, 3.63) is 65.4 Å². The molecule has 0 bridgehead atoms. The number of para-hydroxylation sites is 1. The minimum atomic E-state index is -0.788. The van der Waals surface area contributed by atoms with Crippen LogP contribution in [-0.2, 0) is 14.3 Å². The summed E-state index contributed by atoms with van der Waals surface area (Å²) in [5.74, 6) is -1.67. The highest BCUT2D eigenvalue weighted by Crippen LogP contribution is 2.19. The van der Waals surface area contributed by atoms with E-state index in [0.717, 1.165) is 5.39 Å². The molecule has 1 aromatic heterocycles. The van der Waals surface area contributed by atoms with E-state index in [4.69, 9.17) is 25.5 Å². The van der Waals surface area contributed by atoms with Crippen molar-refractivity contribution in [3.8, 4) is 5.75 Å². The lowest BCUT2D eigenvalue weighted by molar-refractivity contribution is -0.131. The number of hydrazine groups is 1. The molecule has 0 atom stereocenters. The Bertz CT molecular complexity index is 966. The number of furan rings is 1. The average Bonchev–Trinajstić information content (AvgIpc) is 3.14. The molecule has 3 aromatic rings. The van der Waals surface area contributed by atoms with E-state index in [1.54, 1.807) is 48.5 Å². The number of rotatable bonds is 6. The predicted octanol–water partition coefficient (Wildman–Crippen LogP) is 2.47. The summed E-state index contributed by atoms with van der Waals surface area (Å²) in [6.07, 6.45) is 0. The number of esters is 1. The maximum Gasteiger partial charge on any atom is 0.374 e. The van der Waals surface area contributed by atoms with Crippen molar-refractivity contribution in [2.75, 3.05) is 13.2 Å². The molecule has 2 aromatic carbocycles. The maximum atomic E-state index is 11.9. The fraction of sp³-hybridized carbons (Fsp3) is 0.105. The molecule has 144 valence electrons. The SMILES string of the molecule is O=C(COC(=O)c1cc2ccccc2o1)NNC(=O)COc1ccc(Cl)cc1. The molecule has 0 saturated heterocycles. The zero-order valence-corrected chi connectivity index (χ0v) is 15.2. The number of halogens is 1. The third kappa shape index (κ3) is 5.24. The van der Waals surface area contributed by atoms with Gasteiger partial charge in [0.1, 0.15) is 11.3 Å². The second-order valence-corrected chi connectivity index (χ2v) is 6.00. The molecule has 0 aliphatic rings. The molecule has 0 fully saturated rings.